The van der Waals surface area contributed by atoms with E-state index in [2.05, 4.69) is 11.4 Å². The molecule has 2 aliphatic heterocycles. The maximum Gasteiger partial charge on any atom is 0.428 e. The molecule has 0 saturated carbocycles. The highest BCUT2D eigenvalue weighted by Gasteiger charge is 2.55. The molecule has 1 saturated heterocycles. The molecule has 37 heavy (non-hydrogen) atoms. The lowest BCUT2D eigenvalue weighted by Crippen LogP contribution is -2.66. The van der Waals surface area contributed by atoms with Crippen molar-refractivity contribution in [2.75, 3.05) is 45.8 Å². The first-order valence-electron chi connectivity index (χ1n) is 13.2. The molecule has 2 heterocycles. The van der Waals surface area contributed by atoms with Gasteiger partial charge in [0.25, 0.3) is 5.91 Å². The summed E-state index contributed by atoms with van der Waals surface area (Å²) in [7, 11) is 4.96. The molecule has 0 aliphatic carbocycles. The third-order valence-corrected chi connectivity index (χ3v) is 7.74. The van der Waals surface area contributed by atoms with Gasteiger partial charge in [-0.25, -0.2) is 9.59 Å². The van der Waals surface area contributed by atoms with E-state index in [1.165, 1.54) is 10.5 Å². The van der Waals surface area contributed by atoms with Crippen molar-refractivity contribution in [2.24, 2.45) is 0 Å². The summed E-state index contributed by atoms with van der Waals surface area (Å²) in [6.07, 6.45) is 4.57. The average molecular weight is 508 g/mol. The third-order valence-electron chi connectivity index (χ3n) is 7.74. The Morgan fingerprint density at radius 3 is 2.62 bits per heavy atom. The molecule has 8 heteroatoms. The number of rotatable bonds is 5. The Morgan fingerprint density at radius 2 is 1.89 bits per heavy atom. The van der Waals surface area contributed by atoms with Gasteiger partial charge in [-0.1, -0.05) is 24.3 Å². The number of amides is 5. The minimum atomic E-state index is -0.307. The number of ether oxygens (including phenoxy) is 1. The molecule has 0 radical (unpaired) electrons. The lowest BCUT2D eigenvalue weighted by atomic mass is 10.0. The standard InChI is InChI=1S/C29H38N4O4/c1-21-18-23(27(34)32-16-8-7-11-22-10-5-6-13-26(22)32)14-15-24(21)19-30-28(35)33(29(36)31(2)3)17-9-12-25(33)20-37-4/h5-6,10,13-15,18,25H,7-9,11-12,16-17,19-20H2,1-4H3/p+1. The van der Waals surface area contributed by atoms with Gasteiger partial charge >= 0.3 is 12.1 Å². The molecule has 5 amide bonds. The molecule has 198 valence electrons. The molecule has 1 fully saturated rings. The predicted octanol–water partition coefficient (Wildman–Crippen LogP) is 4.49. The number of urea groups is 2. The summed E-state index contributed by atoms with van der Waals surface area (Å²) in [6.45, 7) is 3.75. The highest BCUT2D eigenvalue weighted by Crippen LogP contribution is 2.30. The van der Waals surface area contributed by atoms with Crippen LogP contribution in [-0.2, 0) is 17.7 Å². The number of methoxy groups -OCH3 is 1. The molecule has 2 unspecified atom stereocenters. The molecule has 0 spiro atoms. The molecule has 0 aromatic heterocycles. The lowest BCUT2D eigenvalue weighted by Gasteiger charge is -2.35. The molecular weight excluding hydrogens is 468 g/mol. The minimum Gasteiger partial charge on any atom is -0.378 e. The van der Waals surface area contributed by atoms with Gasteiger partial charge in [0.05, 0.1) is 13.2 Å². The number of fused-ring (bicyclic) bond motifs is 1. The number of anilines is 1. The van der Waals surface area contributed by atoms with Gasteiger partial charge in [0.2, 0.25) is 0 Å². The van der Waals surface area contributed by atoms with Gasteiger partial charge in [0, 0.05) is 58.4 Å². The topological polar surface area (TPSA) is 79.0 Å². The van der Waals surface area contributed by atoms with Crippen molar-refractivity contribution in [1.29, 1.82) is 0 Å². The zero-order valence-electron chi connectivity index (χ0n) is 22.5. The van der Waals surface area contributed by atoms with Crippen LogP contribution in [0.3, 0.4) is 0 Å². The molecule has 2 aromatic carbocycles. The fraction of sp³-hybridized carbons (Fsp3) is 0.483. The summed E-state index contributed by atoms with van der Waals surface area (Å²) in [5.41, 5.74) is 4.68. The Hall–Kier alpha value is -3.23. The normalized spacial score (nSPS) is 21.2. The smallest absolute Gasteiger partial charge is 0.378 e. The highest BCUT2D eigenvalue weighted by molar-refractivity contribution is 6.06. The van der Waals surface area contributed by atoms with Gasteiger partial charge < -0.3 is 15.0 Å². The first-order chi connectivity index (χ1) is 17.8. The first kappa shape index (κ1) is 26.8. The molecule has 2 aliphatic rings. The molecule has 1 N–H and O–H groups in total. The minimum absolute atomic E-state index is 0.00593. The van der Waals surface area contributed by atoms with E-state index in [4.69, 9.17) is 4.74 Å². The number of hydrogen-bond donors (Lipinski definition) is 1. The Bertz CT molecular complexity index is 1160. The first-order valence-corrected chi connectivity index (χ1v) is 13.2. The monoisotopic (exact) mass is 507 g/mol. The second-order valence-electron chi connectivity index (χ2n) is 10.4. The molecular formula is C29H39N4O4+. The van der Waals surface area contributed by atoms with Crippen LogP contribution in [-0.4, -0.2) is 74.3 Å². The Kier molecular flexibility index (Phi) is 8.29. The van der Waals surface area contributed by atoms with Crippen molar-refractivity contribution in [1.82, 2.24) is 10.2 Å². The summed E-state index contributed by atoms with van der Waals surface area (Å²) in [4.78, 5) is 43.6. The van der Waals surface area contributed by atoms with Crippen LogP contribution in [0, 0.1) is 6.92 Å². The van der Waals surface area contributed by atoms with E-state index in [0.29, 0.717) is 25.3 Å². The van der Waals surface area contributed by atoms with Gasteiger partial charge in [0.15, 0.2) is 0 Å². The van der Waals surface area contributed by atoms with Crippen LogP contribution in [0.2, 0.25) is 0 Å². The number of carbonyl (C=O) groups excluding carboxylic acids is 3. The predicted molar refractivity (Wildman–Crippen MR) is 144 cm³/mol. The van der Waals surface area contributed by atoms with Crippen molar-refractivity contribution in [3.05, 3.63) is 64.7 Å². The number of imide groups is 1. The Morgan fingerprint density at radius 1 is 1.11 bits per heavy atom. The largest absolute Gasteiger partial charge is 0.428 e. The summed E-state index contributed by atoms with van der Waals surface area (Å²) in [6, 6.07) is 13.0. The SMILES string of the molecule is COCC1CCC[N+]1(C(=O)NCc1ccc(C(=O)N2CCCCc3ccccc32)cc1C)C(=O)N(C)C. The van der Waals surface area contributed by atoms with Crippen LogP contribution in [0.25, 0.3) is 0 Å². The number of carbonyl (C=O) groups is 3. The van der Waals surface area contributed by atoms with E-state index in [-0.39, 0.29) is 35.0 Å². The average Bonchev–Trinajstić information content (AvgIpc) is 3.19. The van der Waals surface area contributed by atoms with Crippen LogP contribution in [0.5, 0.6) is 0 Å². The van der Waals surface area contributed by atoms with E-state index in [0.717, 1.165) is 48.9 Å². The maximum atomic E-state index is 13.5. The molecule has 2 atom stereocenters. The van der Waals surface area contributed by atoms with Gasteiger partial charge in [0.1, 0.15) is 6.04 Å². The number of quaternary nitrogens is 1. The quantitative estimate of drug-likeness (QED) is 0.605. The summed E-state index contributed by atoms with van der Waals surface area (Å²) in [5, 5.41) is 3.01. The van der Waals surface area contributed by atoms with Crippen molar-refractivity contribution < 1.29 is 23.6 Å². The summed E-state index contributed by atoms with van der Waals surface area (Å²) >= 11 is 0. The number of likely N-dealkylation sites (tertiary alicyclic amines) is 1. The lowest BCUT2D eigenvalue weighted by molar-refractivity contribution is -0.786. The summed E-state index contributed by atoms with van der Waals surface area (Å²) < 4.78 is 5.08. The van der Waals surface area contributed by atoms with E-state index in [9.17, 15) is 14.4 Å². The Labute approximate surface area is 219 Å². The fourth-order valence-corrected chi connectivity index (χ4v) is 5.74. The molecule has 0 bridgehead atoms. The third kappa shape index (κ3) is 5.26. The fourth-order valence-electron chi connectivity index (χ4n) is 5.74. The number of para-hydroxylation sites is 1. The van der Waals surface area contributed by atoms with Crippen molar-refractivity contribution >= 4 is 23.7 Å². The van der Waals surface area contributed by atoms with E-state index < -0.39 is 0 Å². The van der Waals surface area contributed by atoms with Gasteiger partial charge in [-0.2, -0.15) is 4.48 Å². The van der Waals surface area contributed by atoms with Crippen molar-refractivity contribution in [3.8, 4) is 0 Å². The molecule has 8 nitrogen and oxygen atoms in total. The second kappa shape index (κ2) is 11.4. The van der Waals surface area contributed by atoms with E-state index in [1.807, 2.05) is 48.2 Å². The zero-order valence-corrected chi connectivity index (χ0v) is 22.5. The number of nitrogens with one attached hydrogen (secondary N) is 1. The number of nitrogens with zero attached hydrogens (tertiary/aromatic N) is 3. The van der Waals surface area contributed by atoms with Gasteiger partial charge in [-0.3, -0.25) is 9.69 Å². The molecule has 2 aromatic rings. The van der Waals surface area contributed by atoms with Crippen LogP contribution in [0.15, 0.2) is 42.5 Å². The van der Waals surface area contributed by atoms with E-state index >= 15 is 0 Å². The van der Waals surface area contributed by atoms with Crippen LogP contribution >= 0.6 is 0 Å². The Balaban J connectivity index is 1.50. The maximum absolute atomic E-state index is 13.5. The van der Waals surface area contributed by atoms with Crippen molar-refractivity contribution in [2.45, 2.75) is 51.6 Å². The van der Waals surface area contributed by atoms with Crippen LogP contribution in [0.4, 0.5) is 15.3 Å². The van der Waals surface area contributed by atoms with E-state index in [1.54, 1.807) is 21.2 Å². The van der Waals surface area contributed by atoms with Crippen LogP contribution in [0.1, 0.15) is 52.7 Å². The highest BCUT2D eigenvalue weighted by atomic mass is 16.5. The number of benzene rings is 2. The molecule has 4 rings (SSSR count). The van der Waals surface area contributed by atoms with Crippen LogP contribution < -0.4 is 10.2 Å². The van der Waals surface area contributed by atoms with Crippen molar-refractivity contribution in [3.63, 3.8) is 0 Å². The van der Waals surface area contributed by atoms with Gasteiger partial charge in [-0.15, -0.1) is 0 Å². The number of aryl methyl sites for hydroxylation is 2. The summed E-state index contributed by atoms with van der Waals surface area (Å²) in [5.74, 6) is -0.00593. The van der Waals surface area contributed by atoms with Gasteiger partial charge in [-0.05, 0) is 61.1 Å². The second-order valence-corrected chi connectivity index (χ2v) is 10.4. The zero-order chi connectivity index (χ0) is 26.6. The number of hydrogen-bond acceptors (Lipinski definition) is 4.